The number of nitrogens with zero attached hydrogens (tertiary/aromatic N) is 2. The smallest absolute Gasteiger partial charge is 0.330 e. The second-order valence-electron chi connectivity index (χ2n) is 11.3. The van der Waals surface area contributed by atoms with Gasteiger partial charge in [0.15, 0.2) is 0 Å². The van der Waals surface area contributed by atoms with Gasteiger partial charge in [-0.25, -0.2) is 4.79 Å². The van der Waals surface area contributed by atoms with Crippen molar-refractivity contribution in [1.29, 1.82) is 0 Å². The Hall–Kier alpha value is -1.89. The Balaban J connectivity index is 1.72. The molecular weight excluding hydrogens is 536 g/mol. The molecule has 2 atom stereocenters. The quantitative estimate of drug-likeness (QED) is 0.0865. The highest BCUT2D eigenvalue weighted by atomic mass is 35.5. The van der Waals surface area contributed by atoms with E-state index < -0.39 is 0 Å². The average molecular weight is 591 g/mol. The number of ether oxygens (including phenoxy) is 2. The van der Waals surface area contributed by atoms with Crippen LogP contribution in [0.1, 0.15) is 116 Å². The third-order valence-corrected chi connectivity index (χ3v) is 7.96. The topological polar surface area (TPSA) is 62.5 Å². The monoisotopic (exact) mass is 590 g/mol. The van der Waals surface area contributed by atoms with E-state index in [-0.39, 0.29) is 35.9 Å². The van der Waals surface area contributed by atoms with Gasteiger partial charge in [-0.3, -0.25) is 9.36 Å². The first-order valence-corrected chi connectivity index (χ1v) is 16.7. The minimum absolute atomic E-state index is 0.00773. The van der Waals surface area contributed by atoms with Crippen LogP contribution >= 0.6 is 11.6 Å². The van der Waals surface area contributed by atoms with Gasteiger partial charge in [-0.2, -0.15) is 0 Å². The van der Waals surface area contributed by atoms with E-state index in [1.807, 2.05) is 18.2 Å². The second kappa shape index (κ2) is 22.7. The standard InChI is InChI=1S/C34H55ClN2O4/c1-3-4-5-6-7-8-9-10-11-12-13-14-18-22-32(30(2)41-29-31-20-16-15-17-21-31)40-28-19-25-36-26-23-33(38)37(27-24-35)34(36)39/h15-17,20-21,23,26,30,32H,3-14,18-19,22,24-25,27-29H2,1-2H3. The molecule has 0 bridgehead atoms. The summed E-state index contributed by atoms with van der Waals surface area (Å²) in [5.74, 6) is 0.226. The van der Waals surface area contributed by atoms with E-state index in [1.54, 1.807) is 10.8 Å². The van der Waals surface area contributed by atoms with Crippen LogP contribution in [0.3, 0.4) is 0 Å². The van der Waals surface area contributed by atoms with Crippen molar-refractivity contribution in [3.8, 4) is 0 Å². The SMILES string of the molecule is CCCCCCCCCCCCCCCC(OCCCn1ccc(=O)n(CCCl)c1=O)C(C)OCc1ccccc1. The van der Waals surface area contributed by atoms with Crippen molar-refractivity contribution in [2.45, 2.75) is 142 Å². The van der Waals surface area contributed by atoms with Crippen LogP contribution in [0, 0.1) is 0 Å². The van der Waals surface area contributed by atoms with Crippen LogP contribution in [-0.2, 0) is 29.2 Å². The number of alkyl halides is 1. The van der Waals surface area contributed by atoms with Gasteiger partial charge in [-0.05, 0) is 25.3 Å². The zero-order valence-electron chi connectivity index (χ0n) is 25.7. The summed E-state index contributed by atoms with van der Waals surface area (Å²) in [4.78, 5) is 24.6. The number of hydrogen-bond acceptors (Lipinski definition) is 4. The van der Waals surface area contributed by atoms with Crippen molar-refractivity contribution in [3.63, 3.8) is 0 Å². The molecule has 2 aromatic rings. The number of rotatable bonds is 25. The Morgan fingerprint density at radius 2 is 1.37 bits per heavy atom. The maximum absolute atomic E-state index is 12.6. The molecule has 232 valence electrons. The lowest BCUT2D eigenvalue weighted by molar-refractivity contribution is -0.0759. The van der Waals surface area contributed by atoms with E-state index in [0.29, 0.717) is 26.2 Å². The highest BCUT2D eigenvalue weighted by Gasteiger charge is 2.19. The molecule has 2 unspecified atom stereocenters. The first-order valence-electron chi connectivity index (χ1n) is 16.2. The first-order chi connectivity index (χ1) is 20.1. The van der Waals surface area contributed by atoms with Gasteiger partial charge >= 0.3 is 5.69 Å². The van der Waals surface area contributed by atoms with Gasteiger partial charge in [-0.15, -0.1) is 11.6 Å². The lowest BCUT2D eigenvalue weighted by Crippen LogP contribution is -2.39. The Labute approximate surface area is 253 Å². The number of benzene rings is 1. The van der Waals surface area contributed by atoms with Crippen molar-refractivity contribution < 1.29 is 9.47 Å². The fraction of sp³-hybridized carbons (Fsp3) is 0.706. The van der Waals surface area contributed by atoms with Crippen LogP contribution in [0.25, 0.3) is 0 Å². The molecule has 0 N–H and O–H groups in total. The minimum atomic E-state index is -0.318. The molecule has 0 aliphatic rings. The lowest BCUT2D eigenvalue weighted by Gasteiger charge is -2.25. The third-order valence-electron chi connectivity index (χ3n) is 7.79. The van der Waals surface area contributed by atoms with Crippen LogP contribution in [0.4, 0.5) is 0 Å². The van der Waals surface area contributed by atoms with Crippen molar-refractivity contribution in [2.75, 3.05) is 12.5 Å². The number of aromatic nitrogens is 2. The van der Waals surface area contributed by atoms with Gasteiger partial charge in [0.05, 0.1) is 18.8 Å². The Bertz CT molecular complexity index is 1020. The zero-order chi connectivity index (χ0) is 29.5. The lowest BCUT2D eigenvalue weighted by atomic mass is 10.0. The van der Waals surface area contributed by atoms with Gasteiger partial charge in [-0.1, -0.05) is 121 Å². The van der Waals surface area contributed by atoms with Gasteiger partial charge in [0.25, 0.3) is 5.56 Å². The van der Waals surface area contributed by atoms with Crippen LogP contribution in [0.2, 0.25) is 0 Å². The summed E-state index contributed by atoms with van der Waals surface area (Å²) in [5.41, 5.74) is 0.525. The predicted octanol–water partition coefficient (Wildman–Crippen LogP) is 8.11. The molecule has 0 aliphatic heterocycles. The van der Waals surface area contributed by atoms with E-state index in [0.717, 1.165) is 18.4 Å². The highest BCUT2D eigenvalue weighted by Crippen LogP contribution is 2.18. The molecule has 0 saturated heterocycles. The van der Waals surface area contributed by atoms with Crippen LogP contribution in [0.5, 0.6) is 0 Å². The second-order valence-corrected chi connectivity index (χ2v) is 11.6. The van der Waals surface area contributed by atoms with E-state index in [2.05, 4.69) is 26.0 Å². The molecule has 1 aromatic carbocycles. The van der Waals surface area contributed by atoms with Crippen molar-refractivity contribution >= 4 is 11.6 Å². The maximum atomic E-state index is 12.6. The minimum Gasteiger partial charge on any atom is -0.375 e. The molecule has 1 aromatic heterocycles. The Morgan fingerprint density at radius 1 is 0.756 bits per heavy atom. The van der Waals surface area contributed by atoms with E-state index in [1.165, 1.54) is 87.7 Å². The summed E-state index contributed by atoms with van der Waals surface area (Å²) in [6.45, 7) is 6.18. The summed E-state index contributed by atoms with van der Waals surface area (Å²) < 4.78 is 15.3. The van der Waals surface area contributed by atoms with Crippen molar-refractivity contribution in [2.24, 2.45) is 0 Å². The van der Waals surface area contributed by atoms with Crippen LogP contribution < -0.4 is 11.2 Å². The third kappa shape index (κ3) is 15.2. The summed E-state index contributed by atoms with van der Waals surface area (Å²) in [6, 6.07) is 11.7. The van der Waals surface area contributed by atoms with Gasteiger partial charge in [0.2, 0.25) is 0 Å². The van der Waals surface area contributed by atoms with Gasteiger partial charge < -0.3 is 14.0 Å². The summed E-state index contributed by atoms with van der Waals surface area (Å²) in [6.07, 6.45) is 20.6. The Kier molecular flexibility index (Phi) is 19.5. The molecule has 2 rings (SSSR count). The fourth-order valence-corrected chi connectivity index (χ4v) is 5.38. The molecule has 0 spiro atoms. The van der Waals surface area contributed by atoms with Gasteiger partial charge in [0.1, 0.15) is 0 Å². The predicted molar refractivity (Wildman–Crippen MR) is 171 cm³/mol. The molecule has 0 fully saturated rings. The summed E-state index contributed by atoms with van der Waals surface area (Å²) in [7, 11) is 0. The molecule has 6 nitrogen and oxygen atoms in total. The molecule has 0 radical (unpaired) electrons. The van der Waals surface area contributed by atoms with E-state index >= 15 is 0 Å². The van der Waals surface area contributed by atoms with Crippen LogP contribution in [-0.4, -0.2) is 33.8 Å². The normalized spacial score (nSPS) is 13.0. The molecule has 41 heavy (non-hydrogen) atoms. The molecule has 1 heterocycles. The maximum Gasteiger partial charge on any atom is 0.330 e. The molecule has 0 amide bonds. The summed E-state index contributed by atoms with van der Waals surface area (Å²) in [5, 5.41) is 0. The molecule has 0 saturated carbocycles. The number of aryl methyl sites for hydroxylation is 1. The van der Waals surface area contributed by atoms with Crippen molar-refractivity contribution in [1.82, 2.24) is 9.13 Å². The highest BCUT2D eigenvalue weighted by molar-refractivity contribution is 6.17. The molecule has 7 heteroatoms. The fourth-order valence-electron chi connectivity index (χ4n) is 5.21. The van der Waals surface area contributed by atoms with Crippen molar-refractivity contribution in [3.05, 3.63) is 69.0 Å². The number of unbranched alkanes of at least 4 members (excludes halogenated alkanes) is 12. The Morgan fingerprint density at radius 3 is 1.98 bits per heavy atom. The van der Waals surface area contributed by atoms with E-state index in [9.17, 15) is 9.59 Å². The summed E-state index contributed by atoms with van der Waals surface area (Å²) >= 11 is 5.76. The zero-order valence-corrected chi connectivity index (χ0v) is 26.5. The largest absolute Gasteiger partial charge is 0.375 e. The molecular formula is C34H55ClN2O4. The number of halogens is 1. The average Bonchev–Trinajstić information content (AvgIpc) is 2.98. The van der Waals surface area contributed by atoms with Crippen LogP contribution in [0.15, 0.2) is 52.2 Å². The van der Waals surface area contributed by atoms with E-state index in [4.69, 9.17) is 21.1 Å². The first kappa shape index (κ1) is 35.3. The number of hydrogen-bond donors (Lipinski definition) is 0. The van der Waals surface area contributed by atoms with Gasteiger partial charge in [0, 0.05) is 37.8 Å². The molecule has 0 aliphatic carbocycles.